The summed E-state index contributed by atoms with van der Waals surface area (Å²) < 4.78 is 41.5. The lowest BCUT2D eigenvalue weighted by Crippen LogP contribution is -2.10. The first kappa shape index (κ1) is 17.7. The third-order valence-electron chi connectivity index (χ3n) is 4.30. The highest BCUT2D eigenvalue weighted by atomic mass is 19.4. The number of carbonyl (C=O) groups is 1. The molecule has 26 heavy (non-hydrogen) atoms. The van der Waals surface area contributed by atoms with E-state index in [9.17, 15) is 23.1 Å². The number of hydrogen-bond donors (Lipinski definition) is 2. The number of alkyl halides is 3. The van der Waals surface area contributed by atoms with Gasteiger partial charge in [0.05, 0.1) is 11.1 Å². The van der Waals surface area contributed by atoms with Crippen molar-refractivity contribution < 1.29 is 28.2 Å². The van der Waals surface area contributed by atoms with E-state index >= 15 is 0 Å². The van der Waals surface area contributed by atoms with E-state index < -0.39 is 29.0 Å². The van der Waals surface area contributed by atoms with Gasteiger partial charge in [-0.25, -0.2) is 4.79 Å². The molecule has 0 amide bonds. The van der Waals surface area contributed by atoms with Crippen LogP contribution in [0.3, 0.4) is 0 Å². The van der Waals surface area contributed by atoms with Crippen molar-refractivity contribution in [3.05, 3.63) is 58.8 Å². The zero-order valence-corrected chi connectivity index (χ0v) is 13.8. The van der Waals surface area contributed by atoms with Crippen molar-refractivity contribution in [2.45, 2.75) is 20.0 Å². The molecule has 2 N–H and O–H groups in total. The fraction of sp³-hybridized carbons (Fsp3) is 0.158. The molecule has 0 saturated heterocycles. The highest BCUT2D eigenvalue weighted by Crippen LogP contribution is 2.42. The standard InChI is InChI=1S/C19H14F3NO3/c1-9-5-12-15(6-10(9)2)23-8-14(17(12)19(20,21)22)11-3-4-16(24)13(7-11)18(25)26/h3-8,24H,1-2H3,(H,25,26). The summed E-state index contributed by atoms with van der Waals surface area (Å²) >= 11 is 0. The number of aromatic hydroxyl groups is 1. The van der Waals surface area contributed by atoms with Gasteiger partial charge in [-0.05, 0) is 54.8 Å². The number of aromatic carboxylic acids is 1. The van der Waals surface area contributed by atoms with Crippen molar-refractivity contribution in [3.63, 3.8) is 0 Å². The number of fused-ring (bicyclic) bond motifs is 1. The number of pyridine rings is 1. The van der Waals surface area contributed by atoms with Crippen LogP contribution in [0.4, 0.5) is 13.2 Å². The van der Waals surface area contributed by atoms with E-state index in [2.05, 4.69) is 4.98 Å². The summed E-state index contributed by atoms with van der Waals surface area (Å²) in [6.45, 7) is 3.50. The lowest BCUT2D eigenvalue weighted by atomic mass is 9.94. The van der Waals surface area contributed by atoms with Gasteiger partial charge < -0.3 is 10.2 Å². The number of carboxylic acid groups (broad SMARTS) is 1. The number of aromatic nitrogens is 1. The topological polar surface area (TPSA) is 70.4 Å². The lowest BCUT2D eigenvalue weighted by molar-refractivity contribution is -0.135. The molecule has 1 heterocycles. The van der Waals surface area contributed by atoms with Gasteiger partial charge in [0, 0.05) is 17.1 Å². The third-order valence-corrected chi connectivity index (χ3v) is 4.30. The minimum atomic E-state index is -4.67. The number of phenols is 1. The largest absolute Gasteiger partial charge is 0.507 e. The molecule has 0 saturated carbocycles. The summed E-state index contributed by atoms with van der Waals surface area (Å²) in [4.78, 5) is 15.3. The number of rotatable bonds is 2. The van der Waals surface area contributed by atoms with Crippen molar-refractivity contribution >= 4 is 16.9 Å². The zero-order chi connectivity index (χ0) is 19.2. The second-order valence-corrected chi connectivity index (χ2v) is 6.04. The van der Waals surface area contributed by atoms with E-state index in [0.717, 1.165) is 23.9 Å². The monoisotopic (exact) mass is 361 g/mol. The number of carboxylic acids is 1. The summed E-state index contributed by atoms with van der Waals surface area (Å²) in [5.74, 6) is -1.95. The van der Waals surface area contributed by atoms with Gasteiger partial charge in [-0.3, -0.25) is 4.98 Å². The molecule has 0 bridgehead atoms. The molecule has 0 atom stereocenters. The fourth-order valence-corrected chi connectivity index (χ4v) is 2.85. The highest BCUT2D eigenvalue weighted by Gasteiger charge is 2.36. The van der Waals surface area contributed by atoms with Crippen LogP contribution in [-0.4, -0.2) is 21.2 Å². The van der Waals surface area contributed by atoms with Gasteiger partial charge in [0.2, 0.25) is 0 Å². The molecule has 0 aliphatic heterocycles. The summed E-state index contributed by atoms with van der Waals surface area (Å²) in [6.07, 6.45) is -3.59. The Labute approximate surface area is 146 Å². The smallest absolute Gasteiger partial charge is 0.417 e. The maximum atomic E-state index is 13.8. The van der Waals surface area contributed by atoms with Crippen LogP contribution in [0, 0.1) is 13.8 Å². The van der Waals surface area contributed by atoms with E-state index in [0.29, 0.717) is 5.56 Å². The molecule has 2 aromatic carbocycles. The first-order valence-corrected chi connectivity index (χ1v) is 7.63. The van der Waals surface area contributed by atoms with E-state index in [1.165, 1.54) is 12.1 Å². The normalized spacial score (nSPS) is 11.7. The van der Waals surface area contributed by atoms with Crippen LogP contribution in [0.2, 0.25) is 0 Å². The number of nitrogens with zero attached hydrogens (tertiary/aromatic N) is 1. The predicted molar refractivity (Wildman–Crippen MR) is 90.3 cm³/mol. The first-order chi connectivity index (χ1) is 12.1. The van der Waals surface area contributed by atoms with Gasteiger partial charge in [-0.15, -0.1) is 0 Å². The van der Waals surface area contributed by atoms with E-state index in [-0.39, 0.29) is 22.0 Å². The van der Waals surface area contributed by atoms with Crippen molar-refractivity contribution in [2.75, 3.05) is 0 Å². The quantitative estimate of drug-likeness (QED) is 0.678. The first-order valence-electron chi connectivity index (χ1n) is 7.63. The summed E-state index contributed by atoms with van der Waals surface area (Å²) in [6, 6.07) is 6.33. The van der Waals surface area contributed by atoms with Gasteiger partial charge in [0.25, 0.3) is 0 Å². The SMILES string of the molecule is Cc1cc2ncc(-c3ccc(O)c(C(=O)O)c3)c(C(F)(F)F)c2cc1C. The number of aryl methyl sites for hydroxylation is 2. The van der Waals surface area contributed by atoms with Crippen molar-refractivity contribution in [2.24, 2.45) is 0 Å². The average Bonchev–Trinajstić information content (AvgIpc) is 2.54. The molecule has 7 heteroatoms. The van der Waals surface area contributed by atoms with Gasteiger partial charge in [0.1, 0.15) is 11.3 Å². The molecule has 1 aromatic heterocycles. The van der Waals surface area contributed by atoms with Crippen LogP contribution in [0.15, 0.2) is 36.5 Å². The molecular weight excluding hydrogens is 347 g/mol. The van der Waals surface area contributed by atoms with E-state index in [4.69, 9.17) is 5.11 Å². The van der Waals surface area contributed by atoms with Gasteiger partial charge in [-0.2, -0.15) is 13.2 Å². The van der Waals surface area contributed by atoms with Crippen LogP contribution < -0.4 is 0 Å². The van der Waals surface area contributed by atoms with Crippen molar-refractivity contribution in [1.29, 1.82) is 0 Å². The van der Waals surface area contributed by atoms with Crippen LogP contribution >= 0.6 is 0 Å². The van der Waals surface area contributed by atoms with Crippen LogP contribution in [0.5, 0.6) is 5.75 Å². The van der Waals surface area contributed by atoms with Crippen molar-refractivity contribution in [1.82, 2.24) is 4.98 Å². The molecule has 0 radical (unpaired) electrons. The molecule has 3 rings (SSSR count). The maximum absolute atomic E-state index is 13.8. The van der Waals surface area contributed by atoms with Crippen molar-refractivity contribution in [3.8, 4) is 16.9 Å². The minimum absolute atomic E-state index is 0.0140. The minimum Gasteiger partial charge on any atom is -0.507 e. The Hall–Kier alpha value is -3.09. The Bertz CT molecular complexity index is 1040. The summed E-state index contributed by atoms with van der Waals surface area (Å²) in [5, 5.41) is 18.7. The Balaban J connectivity index is 2.39. The molecule has 0 fully saturated rings. The van der Waals surface area contributed by atoms with Crippen LogP contribution in [0.1, 0.15) is 27.0 Å². The Morgan fingerprint density at radius 3 is 2.35 bits per heavy atom. The zero-order valence-electron chi connectivity index (χ0n) is 13.8. The van der Waals surface area contributed by atoms with E-state index in [1.54, 1.807) is 19.9 Å². The molecule has 134 valence electrons. The van der Waals surface area contributed by atoms with Crippen LogP contribution in [-0.2, 0) is 6.18 Å². The van der Waals surface area contributed by atoms with Gasteiger partial charge in [0.15, 0.2) is 0 Å². The molecule has 0 aliphatic carbocycles. The second kappa shape index (κ2) is 6.01. The third kappa shape index (κ3) is 2.96. The lowest BCUT2D eigenvalue weighted by Gasteiger charge is -2.17. The fourth-order valence-electron chi connectivity index (χ4n) is 2.85. The van der Waals surface area contributed by atoms with Gasteiger partial charge in [-0.1, -0.05) is 6.07 Å². The second-order valence-electron chi connectivity index (χ2n) is 6.04. The Morgan fingerprint density at radius 2 is 1.73 bits per heavy atom. The van der Waals surface area contributed by atoms with Crippen LogP contribution in [0.25, 0.3) is 22.0 Å². The Kier molecular flexibility index (Phi) is 4.10. The molecule has 3 aromatic rings. The van der Waals surface area contributed by atoms with E-state index in [1.807, 2.05) is 0 Å². The summed E-state index contributed by atoms with van der Waals surface area (Å²) in [5.41, 5.74) is 0.142. The Morgan fingerprint density at radius 1 is 1.08 bits per heavy atom. The molecular formula is C19H14F3NO3. The number of hydrogen-bond acceptors (Lipinski definition) is 3. The molecule has 0 unspecified atom stereocenters. The number of benzene rings is 2. The molecule has 0 aliphatic rings. The highest BCUT2D eigenvalue weighted by molar-refractivity contribution is 5.94. The molecule has 4 nitrogen and oxygen atoms in total. The average molecular weight is 361 g/mol. The summed E-state index contributed by atoms with van der Waals surface area (Å²) in [7, 11) is 0. The van der Waals surface area contributed by atoms with Gasteiger partial charge >= 0.3 is 12.1 Å². The molecule has 0 spiro atoms. The maximum Gasteiger partial charge on any atom is 0.417 e. The predicted octanol–water partition coefficient (Wildman–Crippen LogP) is 4.94. The number of halogens is 3.